The molecule has 32 heavy (non-hydrogen) atoms. The second-order valence-corrected chi connectivity index (χ2v) is 9.92. The van der Waals surface area contributed by atoms with Crippen LogP contribution < -0.4 is 5.32 Å². The molecule has 3 heterocycles. The lowest BCUT2D eigenvalue weighted by Crippen LogP contribution is -2.42. The van der Waals surface area contributed by atoms with Crippen molar-refractivity contribution in [3.8, 4) is 0 Å². The van der Waals surface area contributed by atoms with Crippen molar-refractivity contribution < 1.29 is 14.3 Å². The van der Waals surface area contributed by atoms with Gasteiger partial charge in [-0.2, -0.15) is 5.10 Å². The van der Waals surface area contributed by atoms with Gasteiger partial charge in [-0.3, -0.25) is 9.48 Å². The molecule has 2 aromatic heterocycles. The number of amides is 2. The summed E-state index contributed by atoms with van der Waals surface area (Å²) in [6.07, 6.45) is 3.28. The first-order valence-electron chi connectivity index (χ1n) is 11.5. The highest BCUT2D eigenvalue weighted by Crippen LogP contribution is 2.25. The predicted molar refractivity (Wildman–Crippen MR) is 124 cm³/mol. The Hall–Kier alpha value is -2.77. The summed E-state index contributed by atoms with van der Waals surface area (Å²) in [4.78, 5) is 27.0. The van der Waals surface area contributed by atoms with Gasteiger partial charge < -0.3 is 19.5 Å². The van der Waals surface area contributed by atoms with Crippen molar-refractivity contribution in [2.24, 2.45) is 5.92 Å². The molecule has 0 radical (unpaired) electrons. The number of hydrogen-bond donors (Lipinski definition) is 1. The van der Waals surface area contributed by atoms with E-state index in [4.69, 9.17) is 4.74 Å². The molecule has 0 saturated carbocycles. The highest BCUT2D eigenvalue weighted by Gasteiger charge is 2.28. The van der Waals surface area contributed by atoms with Gasteiger partial charge in [0.25, 0.3) is 5.91 Å². The molecule has 1 aliphatic heterocycles. The zero-order chi connectivity index (χ0) is 23.5. The topological polar surface area (TPSA) is 81.4 Å². The third kappa shape index (κ3) is 6.14. The number of ether oxygens (including phenoxy) is 1. The fraction of sp³-hybridized carbons (Fsp3) is 0.625. The fourth-order valence-corrected chi connectivity index (χ4v) is 4.13. The van der Waals surface area contributed by atoms with E-state index in [1.165, 1.54) is 0 Å². The largest absolute Gasteiger partial charge is 0.444 e. The minimum atomic E-state index is -0.494. The van der Waals surface area contributed by atoms with Gasteiger partial charge in [0.2, 0.25) is 0 Å². The Morgan fingerprint density at radius 3 is 2.53 bits per heavy atom. The summed E-state index contributed by atoms with van der Waals surface area (Å²) in [5.74, 6) is 0.196. The Morgan fingerprint density at radius 2 is 1.94 bits per heavy atom. The first-order chi connectivity index (χ1) is 15.0. The number of rotatable bonds is 6. The summed E-state index contributed by atoms with van der Waals surface area (Å²) in [5.41, 5.74) is 2.31. The smallest absolute Gasteiger partial charge is 0.410 e. The number of nitrogens with one attached hydrogen (secondary N) is 1. The molecule has 0 aromatic carbocycles. The lowest BCUT2D eigenvalue weighted by Gasteiger charge is -2.34. The molecule has 1 N–H and O–H groups in total. The molecule has 1 aliphatic rings. The summed E-state index contributed by atoms with van der Waals surface area (Å²) in [6.45, 7) is 14.4. The van der Waals surface area contributed by atoms with Gasteiger partial charge in [0, 0.05) is 44.1 Å². The molecule has 0 aliphatic carbocycles. The van der Waals surface area contributed by atoms with Gasteiger partial charge in [-0.25, -0.2) is 4.79 Å². The number of carbonyl (C=O) groups excluding carboxylic acids is 2. The zero-order valence-electron chi connectivity index (χ0n) is 20.2. The quantitative estimate of drug-likeness (QED) is 0.733. The van der Waals surface area contributed by atoms with Crippen LogP contribution in [0, 0.1) is 19.8 Å². The zero-order valence-corrected chi connectivity index (χ0v) is 20.2. The van der Waals surface area contributed by atoms with Gasteiger partial charge in [0.05, 0.1) is 5.69 Å². The number of likely N-dealkylation sites (tertiary alicyclic amines) is 1. The maximum atomic E-state index is 12.9. The number of aromatic nitrogens is 3. The van der Waals surface area contributed by atoms with Crippen molar-refractivity contribution in [1.29, 1.82) is 0 Å². The van der Waals surface area contributed by atoms with E-state index < -0.39 is 5.60 Å². The van der Waals surface area contributed by atoms with Crippen molar-refractivity contribution in [2.45, 2.75) is 72.6 Å². The van der Waals surface area contributed by atoms with E-state index in [0.29, 0.717) is 25.3 Å². The normalized spacial score (nSPS) is 16.1. The highest BCUT2D eigenvalue weighted by atomic mass is 16.6. The Balaban J connectivity index is 1.52. The number of piperidine rings is 1. The molecule has 1 unspecified atom stereocenters. The van der Waals surface area contributed by atoms with Crippen LogP contribution in [0.1, 0.15) is 68.5 Å². The Bertz CT molecular complexity index is 932. The van der Waals surface area contributed by atoms with Crippen LogP contribution >= 0.6 is 0 Å². The third-order valence-electron chi connectivity index (χ3n) is 5.72. The van der Waals surface area contributed by atoms with Crippen LogP contribution in [0.4, 0.5) is 4.79 Å². The molecule has 3 rings (SSSR count). The maximum absolute atomic E-state index is 12.9. The van der Waals surface area contributed by atoms with E-state index in [0.717, 1.165) is 30.8 Å². The SMILES string of the molecule is Cc1cc(C)n(CC(C)CNC(=O)c2cccn2C2CCN(C(=O)OC(C)(C)C)CC2)n1. The van der Waals surface area contributed by atoms with Crippen molar-refractivity contribution in [1.82, 2.24) is 24.6 Å². The first-order valence-corrected chi connectivity index (χ1v) is 11.5. The van der Waals surface area contributed by atoms with Crippen molar-refractivity contribution in [3.05, 3.63) is 41.5 Å². The average molecular weight is 444 g/mol. The predicted octanol–water partition coefficient (Wildman–Crippen LogP) is 3.94. The summed E-state index contributed by atoms with van der Waals surface area (Å²) in [6, 6.07) is 6.03. The Kier molecular flexibility index (Phi) is 7.31. The van der Waals surface area contributed by atoms with Gasteiger partial charge in [-0.05, 0) is 71.6 Å². The van der Waals surface area contributed by atoms with Crippen LogP contribution in [0.15, 0.2) is 24.4 Å². The Labute approximate surface area is 190 Å². The minimum Gasteiger partial charge on any atom is -0.444 e. The second kappa shape index (κ2) is 9.79. The molecule has 176 valence electrons. The van der Waals surface area contributed by atoms with Crippen LogP contribution in [-0.4, -0.2) is 56.5 Å². The van der Waals surface area contributed by atoms with Crippen molar-refractivity contribution in [3.63, 3.8) is 0 Å². The van der Waals surface area contributed by atoms with Crippen LogP contribution in [0.2, 0.25) is 0 Å². The molecule has 2 aromatic rings. The van der Waals surface area contributed by atoms with Crippen LogP contribution in [-0.2, 0) is 11.3 Å². The number of nitrogens with zero attached hydrogens (tertiary/aromatic N) is 4. The van der Waals surface area contributed by atoms with Crippen molar-refractivity contribution >= 4 is 12.0 Å². The molecule has 1 atom stereocenters. The molecule has 2 amide bonds. The van der Waals surface area contributed by atoms with Gasteiger partial charge >= 0.3 is 6.09 Å². The lowest BCUT2D eigenvalue weighted by molar-refractivity contribution is 0.0187. The summed E-state index contributed by atoms with van der Waals surface area (Å²) >= 11 is 0. The van der Waals surface area contributed by atoms with Gasteiger partial charge in [-0.1, -0.05) is 6.92 Å². The van der Waals surface area contributed by atoms with E-state index in [9.17, 15) is 9.59 Å². The second-order valence-electron chi connectivity index (χ2n) is 9.92. The average Bonchev–Trinajstić information content (AvgIpc) is 3.31. The van der Waals surface area contributed by atoms with Gasteiger partial charge in [0.15, 0.2) is 0 Å². The van der Waals surface area contributed by atoms with E-state index in [1.54, 1.807) is 4.90 Å². The maximum Gasteiger partial charge on any atom is 0.410 e. The summed E-state index contributed by atoms with van der Waals surface area (Å²) in [5, 5.41) is 7.58. The molecule has 1 saturated heterocycles. The molecule has 8 heteroatoms. The standard InChI is InChI=1S/C24H37N5O3/c1-17(16-29-19(3)14-18(2)26-29)15-25-22(30)21-8-7-11-28(21)20-9-12-27(13-10-20)23(31)32-24(4,5)6/h7-8,11,14,17,20H,9-10,12-13,15-16H2,1-6H3,(H,25,30). The molecule has 0 bridgehead atoms. The lowest BCUT2D eigenvalue weighted by atomic mass is 10.0. The molecular formula is C24H37N5O3. The molecule has 8 nitrogen and oxygen atoms in total. The highest BCUT2D eigenvalue weighted by molar-refractivity contribution is 5.92. The number of carbonyl (C=O) groups is 2. The van der Waals surface area contributed by atoms with Crippen LogP contribution in [0.3, 0.4) is 0 Å². The van der Waals surface area contributed by atoms with Crippen molar-refractivity contribution in [2.75, 3.05) is 19.6 Å². The Morgan fingerprint density at radius 1 is 1.25 bits per heavy atom. The molecule has 1 fully saturated rings. The minimum absolute atomic E-state index is 0.0650. The van der Waals surface area contributed by atoms with Crippen LogP contribution in [0.25, 0.3) is 0 Å². The molecular weight excluding hydrogens is 406 g/mol. The van der Waals surface area contributed by atoms with E-state index in [1.807, 2.05) is 62.2 Å². The monoisotopic (exact) mass is 443 g/mol. The number of hydrogen-bond acceptors (Lipinski definition) is 4. The summed E-state index contributed by atoms with van der Waals surface area (Å²) < 4.78 is 9.52. The van der Waals surface area contributed by atoms with E-state index in [2.05, 4.69) is 23.4 Å². The first kappa shape index (κ1) is 23.9. The van der Waals surface area contributed by atoms with Gasteiger partial charge in [-0.15, -0.1) is 0 Å². The van der Waals surface area contributed by atoms with Crippen LogP contribution in [0.5, 0.6) is 0 Å². The third-order valence-corrected chi connectivity index (χ3v) is 5.72. The fourth-order valence-electron chi connectivity index (χ4n) is 4.13. The summed E-state index contributed by atoms with van der Waals surface area (Å²) in [7, 11) is 0. The van der Waals surface area contributed by atoms with E-state index >= 15 is 0 Å². The number of aryl methyl sites for hydroxylation is 2. The molecule has 0 spiro atoms. The van der Waals surface area contributed by atoms with Gasteiger partial charge in [0.1, 0.15) is 11.3 Å². The van der Waals surface area contributed by atoms with E-state index in [-0.39, 0.29) is 24.0 Å².